The highest BCUT2D eigenvalue weighted by atomic mass is 16.5. The average molecular weight is 451 g/mol. The number of carbonyl (C=O) groups excluding carboxylic acids is 2. The second-order valence-corrected chi connectivity index (χ2v) is 8.88. The Morgan fingerprint density at radius 1 is 1.09 bits per heavy atom. The van der Waals surface area contributed by atoms with E-state index in [1.807, 2.05) is 18.2 Å². The SMILES string of the molecule is Cc1cc(N2CCOCC2)nc2ccc(NC(=O)CCC(=O)NCCC3=CCCCC3)cc12. The highest BCUT2D eigenvalue weighted by Crippen LogP contribution is 2.26. The zero-order valence-corrected chi connectivity index (χ0v) is 19.5. The summed E-state index contributed by atoms with van der Waals surface area (Å²) in [6.07, 6.45) is 8.40. The van der Waals surface area contributed by atoms with Crippen LogP contribution >= 0.6 is 0 Å². The molecular formula is C26H34N4O3. The number of hydrogen-bond donors (Lipinski definition) is 2. The Labute approximate surface area is 195 Å². The van der Waals surface area contributed by atoms with Crippen molar-refractivity contribution >= 4 is 34.2 Å². The largest absolute Gasteiger partial charge is 0.378 e. The molecule has 0 bridgehead atoms. The molecule has 0 unspecified atom stereocenters. The predicted molar refractivity (Wildman–Crippen MR) is 132 cm³/mol. The number of benzene rings is 1. The van der Waals surface area contributed by atoms with Crippen LogP contribution in [0.15, 0.2) is 35.9 Å². The Bertz CT molecular complexity index is 1030. The molecule has 2 aliphatic rings. The van der Waals surface area contributed by atoms with E-state index in [1.165, 1.54) is 18.4 Å². The van der Waals surface area contributed by atoms with E-state index < -0.39 is 0 Å². The van der Waals surface area contributed by atoms with Crippen LogP contribution in [0, 0.1) is 6.92 Å². The quantitative estimate of drug-likeness (QED) is 0.592. The molecule has 2 heterocycles. The van der Waals surface area contributed by atoms with Gasteiger partial charge in [-0.05, 0) is 68.9 Å². The van der Waals surface area contributed by atoms with Crippen LogP contribution in [0.1, 0.15) is 50.5 Å². The fraction of sp³-hybridized carbons (Fsp3) is 0.500. The summed E-state index contributed by atoms with van der Waals surface area (Å²) in [6.45, 7) is 5.84. The van der Waals surface area contributed by atoms with Gasteiger partial charge in [0.2, 0.25) is 11.8 Å². The van der Waals surface area contributed by atoms with Gasteiger partial charge >= 0.3 is 0 Å². The predicted octanol–water partition coefficient (Wildman–Crippen LogP) is 4.11. The summed E-state index contributed by atoms with van der Waals surface area (Å²) in [7, 11) is 0. The van der Waals surface area contributed by atoms with Crippen molar-refractivity contribution < 1.29 is 14.3 Å². The van der Waals surface area contributed by atoms with Crippen molar-refractivity contribution in [1.29, 1.82) is 0 Å². The van der Waals surface area contributed by atoms with Gasteiger partial charge < -0.3 is 20.3 Å². The summed E-state index contributed by atoms with van der Waals surface area (Å²) in [5.74, 6) is 0.733. The van der Waals surface area contributed by atoms with Crippen LogP contribution in [0.2, 0.25) is 0 Å². The van der Waals surface area contributed by atoms with Crippen LogP contribution in [0.25, 0.3) is 10.9 Å². The average Bonchev–Trinajstić information content (AvgIpc) is 2.84. The van der Waals surface area contributed by atoms with Crippen molar-refractivity contribution in [2.24, 2.45) is 0 Å². The first-order valence-corrected chi connectivity index (χ1v) is 12.1. The molecule has 7 heteroatoms. The zero-order chi connectivity index (χ0) is 23.0. The Balaban J connectivity index is 1.27. The summed E-state index contributed by atoms with van der Waals surface area (Å²) >= 11 is 0. The molecular weight excluding hydrogens is 416 g/mol. The van der Waals surface area contributed by atoms with Gasteiger partial charge in [0.15, 0.2) is 0 Å². The summed E-state index contributed by atoms with van der Waals surface area (Å²) in [4.78, 5) is 31.5. The van der Waals surface area contributed by atoms with Crippen LogP contribution in [-0.4, -0.2) is 49.6 Å². The van der Waals surface area contributed by atoms with Crippen LogP contribution in [0.3, 0.4) is 0 Å². The molecule has 2 N–H and O–H groups in total. The fourth-order valence-electron chi connectivity index (χ4n) is 4.44. The fourth-order valence-corrected chi connectivity index (χ4v) is 4.44. The number of morpholine rings is 1. The monoisotopic (exact) mass is 450 g/mol. The number of anilines is 2. The molecule has 0 radical (unpaired) electrons. The Kier molecular flexibility index (Phi) is 7.94. The molecule has 1 aliphatic heterocycles. The highest BCUT2D eigenvalue weighted by molar-refractivity contribution is 5.96. The van der Waals surface area contributed by atoms with Crippen molar-refractivity contribution in [3.63, 3.8) is 0 Å². The minimum atomic E-state index is -0.157. The molecule has 0 atom stereocenters. The number of nitrogens with one attached hydrogen (secondary N) is 2. The molecule has 0 saturated carbocycles. The molecule has 0 spiro atoms. The molecule has 7 nitrogen and oxygen atoms in total. The van der Waals surface area contributed by atoms with Crippen molar-refractivity contribution in [1.82, 2.24) is 10.3 Å². The molecule has 33 heavy (non-hydrogen) atoms. The van der Waals surface area contributed by atoms with E-state index in [0.29, 0.717) is 6.54 Å². The number of fused-ring (bicyclic) bond motifs is 1. The van der Waals surface area contributed by atoms with E-state index in [1.54, 1.807) is 0 Å². The molecule has 1 aromatic carbocycles. The van der Waals surface area contributed by atoms with Gasteiger partial charge in [-0.25, -0.2) is 4.98 Å². The number of ether oxygens (including phenoxy) is 1. The number of nitrogens with zero attached hydrogens (tertiary/aromatic N) is 2. The zero-order valence-electron chi connectivity index (χ0n) is 19.5. The Morgan fingerprint density at radius 2 is 1.91 bits per heavy atom. The second kappa shape index (κ2) is 11.3. The Morgan fingerprint density at radius 3 is 2.70 bits per heavy atom. The summed E-state index contributed by atoms with van der Waals surface area (Å²) in [5, 5.41) is 6.87. The number of allylic oxidation sites excluding steroid dienone is 1. The van der Waals surface area contributed by atoms with Gasteiger partial charge in [0.25, 0.3) is 0 Å². The maximum Gasteiger partial charge on any atom is 0.224 e. The first-order valence-electron chi connectivity index (χ1n) is 12.1. The van der Waals surface area contributed by atoms with E-state index in [-0.39, 0.29) is 24.7 Å². The number of aromatic nitrogens is 1. The first-order chi connectivity index (χ1) is 16.1. The third-order valence-corrected chi connectivity index (χ3v) is 6.35. The molecule has 1 aliphatic carbocycles. The number of aryl methyl sites for hydroxylation is 1. The van der Waals surface area contributed by atoms with Gasteiger partial charge in [-0.3, -0.25) is 9.59 Å². The maximum absolute atomic E-state index is 12.4. The second-order valence-electron chi connectivity index (χ2n) is 8.88. The number of carbonyl (C=O) groups is 2. The van der Waals surface area contributed by atoms with Gasteiger partial charge in [0.05, 0.1) is 18.7 Å². The van der Waals surface area contributed by atoms with Crippen molar-refractivity contribution in [3.05, 3.63) is 41.5 Å². The lowest BCUT2D eigenvalue weighted by molar-refractivity contribution is -0.124. The molecule has 2 aromatic rings. The topological polar surface area (TPSA) is 83.6 Å². The molecule has 1 fully saturated rings. The summed E-state index contributed by atoms with van der Waals surface area (Å²) in [6, 6.07) is 7.85. The molecule has 4 rings (SSSR count). The summed E-state index contributed by atoms with van der Waals surface area (Å²) in [5.41, 5.74) is 4.19. The van der Waals surface area contributed by atoms with Crippen LogP contribution in [0.4, 0.5) is 11.5 Å². The maximum atomic E-state index is 12.4. The van der Waals surface area contributed by atoms with Gasteiger partial charge in [0, 0.05) is 43.5 Å². The standard InChI is InChI=1S/C26H34N4O3/c1-19-17-24(30-13-15-33-16-14-30)29-23-8-7-21(18-22(19)23)28-26(32)10-9-25(31)27-12-11-20-5-3-2-4-6-20/h5,7-8,17-18H,2-4,6,9-16H2,1H3,(H,27,31)(H,28,32). The molecule has 1 aromatic heterocycles. The van der Waals surface area contributed by atoms with E-state index in [9.17, 15) is 9.59 Å². The van der Waals surface area contributed by atoms with Gasteiger partial charge in [-0.15, -0.1) is 0 Å². The number of amides is 2. The molecule has 2 amide bonds. The van der Waals surface area contributed by atoms with Gasteiger partial charge in [-0.1, -0.05) is 11.6 Å². The lowest BCUT2D eigenvalue weighted by atomic mass is 9.97. The molecule has 176 valence electrons. The van der Waals surface area contributed by atoms with E-state index in [0.717, 1.165) is 73.5 Å². The first kappa shape index (κ1) is 23.2. The number of hydrogen-bond acceptors (Lipinski definition) is 5. The number of pyridine rings is 1. The number of rotatable bonds is 8. The van der Waals surface area contributed by atoms with Crippen LogP contribution in [0.5, 0.6) is 0 Å². The van der Waals surface area contributed by atoms with Crippen LogP contribution < -0.4 is 15.5 Å². The van der Waals surface area contributed by atoms with E-state index in [4.69, 9.17) is 9.72 Å². The lowest BCUT2D eigenvalue weighted by Crippen LogP contribution is -2.36. The lowest BCUT2D eigenvalue weighted by Gasteiger charge is -2.28. The molecule has 1 saturated heterocycles. The van der Waals surface area contributed by atoms with Gasteiger partial charge in [-0.2, -0.15) is 0 Å². The third-order valence-electron chi connectivity index (χ3n) is 6.35. The van der Waals surface area contributed by atoms with E-state index >= 15 is 0 Å². The summed E-state index contributed by atoms with van der Waals surface area (Å²) < 4.78 is 5.43. The van der Waals surface area contributed by atoms with Crippen LogP contribution in [-0.2, 0) is 14.3 Å². The third kappa shape index (κ3) is 6.54. The highest BCUT2D eigenvalue weighted by Gasteiger charge is 2.15. The smallest absolute Gasteiger partial charge is 0.224 e. The Hall–Kier alpha value is -2.93. The normalized spacial score (nSPS) is 16.4. The minimum absolute atomic E-state index is 0.0734. The van der Waals surface area contributed by atoms with Crippen molar-refractivity contribution in [2.75, 3.05) is 43.1 Å². The van der Waals surface area contributed by atoms with Gasteiger partial charge in [0.1, 0.15) is 5.82 Å². The van der Waals surface area contributed by atoms with Crippen molar-refractivity contribution in [3.8, 4) is 0 Å². The van der Waals surface area contributed by atoms with Crippen molar-refractivity contribution in [2.45, 2.75) is 51.9 Å². The van der Waals surface area contributed by atoms with E-state index in [2.05, 4.69) is 34.6 Å². The minimum Gasteiger partial charge on any atom is -0.378 e.